The van der Waals surface area contributed by atoms with Gasteiger partial charge in [-0.1, -0.05) is 12.0 Å². The zero-order valence-electron chi connectivity index (χ0n) is 10.0. The first-order valence-electron chi connectivity index (χ1n) is 5.05. The number of sulfonamides is 1. The van der Waals surface area contributed by atoms with Crippen molar-refractivity contribution in [3.8, 4) is 12.3 Å². The van der Waals surface area contributed by atoms with Gasteiger partial charge < -0.3 is 5.11 Å². The molecular formula is C12H13NO4S. The predicted molar refractivity (Wildman–Crippen MR) is 66.8 cm³/mol. The van der Waals surface area contributed by atoms with Crippen molar-refractivity contribution in [3.05, 3.63) is 29.3 Å². The lowest BCUT2D eigenvalue weighted by atomic mass is 10.1. The molecule has 0 fully saturated rings. The Labute approximate surface area is 106 Å². The van der Waals surface area contributed by atoms with Crippen LogP contribution in [-0.4, -0.2) is 37.4 Å². The Kier molecular flexibility index (Phi) is 4.11. The highest BCUT2D eigenvalue weighted by atomic mass is 32.2. The first kappa shape index (κ1) is 14.2. The molecule has 0 bridgehead atoms. The lowest BCUT2D eigenvalue weighted by Crippen LogP contribution is -2.28. The maximum absolute atomic E-state index is 12.2. The van der Waals surface area contributed by atoms with Crippen LogP contribution in [0.5, 0.6) is 0 Å². The molecule has 1 aromatic rings. The molecule has 0 amide bonds. The molecule has 0 heterocycles. The zero-order chi connectivity index (χ0) is 13.9. The topological polar surface area (TPSA) is 74.7 Å². The van der Waals surface area contributed by atoms with Crippen molar-refractivity contribution in [2.75, 3.05) is 13.6 Å². The summed E-state index contributed by atoms with van der Waals surface area (Å²) in [6, 6.07) is 4.12. The molecule has 0 saturated carbocycles. The van der Waals surface area contributed by atoms with Gasteiger partial charge in [-0.3, -0.25) is 0 Å². The van der Waals surface area contributed by atoms with E-state index >= 15 is 0 Å². The third kappa shape index (κ3) is 2.53. The summed E-state index contributed by atoms with van der Waals surface area (Å²) in [4.78, 5) is 10.9. The van der Waals surface area contributed by atoms with Crippen molar-refractivity contribution >= 4 is 16.0 Å². The summed E-state index contributed by atoms with van der Waals surface area (Å²) in [5.74, 6) is 1.07. The molecule has 6 heteroatoms. The van der Waals surface area contributed by atoms with Crippen LogP contribution in [0.15, 0.2) is 23.1 Å². The third-order valence-electron chi connectivity index (χ3n) is 2.52. The van der Waals surface area contributed by atoms with Crippen molar-refractivity contribution in [3.63, 3.8) is 0 Å². The van der Waals surface area contributed by atoms with Gasteiger partial charge in [-0.25, -0.2) is 13.2 Å². The van der Waals surface area contributed by atoms with Crippen LogP contribution in [0.3, 0.4) is 0 Å². The molecule has 0 unspecified atom stereocenters. The van der Waals surface area contributed by atoms with Crippen molar-refractivity contribution in [2.45, 2.75) is 11.8 Å². The van der Waals surface area contributed by atoms with Crippen molar-refractivity contribution in [1.82, 2.24) is 4.31 Å². The van der Waals surface area contributed by atoms with Gasteiger partial charge in [0.2, 0.25) is 10.0 Å². The van der Waals surface area contributed by atoms with Crippen molar-refractivity contribution in [1.29, 1.82) is 0 Å². The maximum atomic E-state index is 12.2. The zero-order valence-corrected chi connectivity index (χ0v) is 10.9. The van der Waals surface area contributed by atoms with Crippen LogP contribution in [0.4, 0.5) is 0 Å². The Balaban J connectivity index is 3.40. The van der Waals surface area contributed by atoms with Crippen LogP contribution in [-0.2, 0) is 10.0 Å². The predicted octanol–water partition coefficient (Wildman–Crippen LogP) is 0.947. The van der Waals surface area contributed by atoms with Gasteiger partial charge in [0.25, 0.3) is 0 Å². The highest BCUT2D eigenvalue weighted by Gasteiger charge is 2.24. The maximum Gasteiger partial charge on any atom is 0.335 e. The largest absolute Gasteiger partial charge is 0.478 e. The minimum atomic E-state index is -3.76. The fourth-order valence-electron chi connectivity index (χ4n) is 1.51. The average molecular weight is 267 g/mol. The second-order valence-electron chi connectivity index (χ2n) is 3.70. The molecule has 0 aliphatic heterocycles. The van der Waals surface area contributed by atoms with E-state index in [1.54, 1.807) is 0 Å². The summed E-state index contributed by atoms with van der Waals surface area (Å²) in [6.07, 6.45) is 5.07. The molecule has 18 heavy (non-hydrogen) atoms. The quantitative estimate of drug-likeness (QED) is 0.824. The Morgan fingerprint density at radius 2 is 2.11 bits per heavy atom. The van der Waals surface area contributed by atoms with Gasteiger partial charge in [0.05, 0.1) is 17.0 Å². The van der Waals surface area contributed by atoms with E-state index in [9.17, 15) is 13.2 Å². The summed E-state index contributed by atoms with van der Waals surface area (Å²) >= 11 is 0. The van der Waals surface area contributed by atoms with E-state index in [0.29, 0.717) is 0 Å². The molecule has 0 aliphatic carbocycles. The fraction of sp³-hybridized carbons (Fsp3) is 0.250. The van der Waals surface area contributed by atoms with Crippen LogP contribution < -0.4 is 0 Å². The summed E-state index contributed by atoms with van der Waals surface area (Å²) in [7, 11) is -2.41. The summed E-state index contributed by atoms with van der Waals surface area (Å²) in [5.41, 5.74) is 0.166. The molecule has 1 rings (SSSR count). The second-order valence-corrected chi connectivity index (χ2v) is 5.71. The molecule has 1 N–H and O–H groups in total. The van der Waals surface area contributed by atoms with Gasteiger partial charge in [0, 0.05) is 7.05 Å². The minimum Gasteiger partial charge on any atom is -0.478 e. The standard InChI is InChI=1S/C12H13NO4S/c1-4-8-13(3)18(16,17)11-7-5-6-10(9(11)2)12(14)15/h1,5-7H,8H2,2-3H3,(H,14,15). The molecule has 1 aromatic carbocycles. The van der Waals surface area contributed by atoms with Crippen LogP contribution in [0, 0.1) is 19.3 Å². The molecule has 0 spiro atoms. The van der Waals surface area contributed by atoms with E-state index in [1.165, 1.54) is 32.2 Å². The molecule has 0 aliphatic rings. The first-order chi connectivity index (χ1) is 8.32. The summed E-state index contributed by atoms with van der Waals surface area (Å²) < 4.78 is 25.3. The second kappa shape index (κ2) is 5.21. The van der Waals surface area contributed by atoms with Gasteiger partial charge in [-0.05, 0) is 24.6 Å². The van der Waals surface area contributed by atoms with Crippen molar-refractivity contribution in [2.24, 2.45) is 0 Å². The smallest absolute Gasteiger partial charge is 0.335 e. The molecule has 0 radical (unpaired) electrons. The van der Waals surface area contributed by atoms with Crippen LogP contribution >= 0.6 is 0 Å². The molecule has 0 saturated heterocycles. The molecule has 0 aromatic heterocycles. The van der Waals surface area contributed by atoms with Crippen LogP contribution in [0.1, 0.15) is 15.9 Å². The monoisotopic (exact) mass is 267 g/mol. The third-order valence-corrected chi connectivity index (χ3v) is 4.46. The number of hydrogen-bond acceptors (Lipinski definition) is 3. The average Bonchev–Trinajstić information content (AvgIpc) is 2.28. The van der Waals surface area contributed by atoms with Crippen molar-refractivity contribution < 1.29 is 18.3 Å². The van der Waals surface area contributed by atoms with E-state index in [2.05, 4.69) is 5.92 Å². The lowest BCUT2D eigenvalue weighted by Gasteiger charge is -2.16. The Morgan fingerprint density at radius 3 is 2.61 bits per heavy atom. The minimum absolute atomic E-state index is 0.0369. The summed E-state index contributed by atoms with van der Waals surface area (Å²) in [6.45, 7) is 1.39. The normalized spacial score (nSPS) is 11.2. The van der Waals surface area contributed by atoms with E-state index < -0.39 is 16.0 Å². The Bertz CT molecular complexity index is 613. The number of nitrogens with zero attached hydrogens (tertiary/aromatic N) is 1. The highest BCUT2D eigenvalue weighted by molar-refractivity contribution is 7.89. The number of terminal acetylenes is 1. The molecule has 0 atom stereocenters. The number of aromatic carboxylic acids is 1. The van der Waals surface area contributed by atoms with E-state index in [-0.39, 0.29) is 22.6 Å². The summed E-state index contributed by atoms with van der Waals surface area (Å²) in [5, 5.41) is 8.96. The number of carboxylic acids is 1. The number of carbonyl (C=O) groups is 1. The Morgan fingerprint density at radius 1 is 1.50 bits per heavy atom. The van der Waals surface area contributed by atoms with Gasteiger partial charge in [0.1, 0.15) is 0 Å². The molecular weight excluding hydrogens is 254 g/mol. The number of rotatable bonds is 4. The SMILES string of the molecule is C#CCN(C)S(=O)(=O)c1cccc(C(=O)O)c1C. The first-order valence-corrected chi connectivity index (χ1v) is 6.49. The van der Waals surface area contributed by atoms with Gasteiger partial charge in [-0.15, -0.1) is 6.42 Å². The molecule has 5 nitrogen and oxygen atoms in total. The van der Waals surface area contributed by atoms with Gasteiger partial charge in [0.15, 0.2) is 0 Å². The van der Waals surface area contributed by atoms with E-state index in [4.69, 9.17) is 11.5 Å². The number of hydrogen-bond donors (Lipinski definition) is 1. The van der Waals surface area contributed by atoms with E-state index in [0.717, 1.165) is 4.31 Å². The Hall–Kier alpha value is -1.84. The lowest BCUT2D eigenvalue weighted by molar-refractivity contribution is 0.0696. The highest BCUT2D eigenvalue weighted by Crippen LogP contribution is 2.21. The van der Waals surface area contributed by atoms with Crippen LogP contribution in [0.25, 0.3) is 0 Å². The molecule has 96 valence electrons. The van der Waals surface area contributed by atoms with Crippen LogP contribution in [0.2, 0.25) is 0 Å². The van der Waals surface area contributed by atoms with E-state index in [1.807, 2.05) is 0 Å². The fourth-order valence-corrected chi connectivity index (χ4v) is 2.83. The number of carboxylic acid groups (broad SMARTS) is 1. The number of benzene rings is 1. The van der Waals surface area contributed by atoms with Gasteiger partial charge in [-0.2, -0.15) is 4.31 Å². The van der Waals surface area contributed by atoms with Gasteiger partial charge >= 0.3 is 5.97 Å².